The summed E-state index contributed by atoms with van der Waals surface area (Å²) < 4.78 is 5.37. The highest BCUT2D eigenvalue weighted by atomic mass is 16.5. The van der Waals surface area contributed by atoms with Gasteiger partial charge in [0.05, 0.1) is 11.1 Å². The molecule has 6 nitrogen and oxygen atoms in total. The van der Waals surface area contributed by atoms with Gasteiger partial charge in [0.1, 0.15) is 6.33 Å². The van der Waals surface area contributed by atoms with Gasteiger partial charge in [-0.3, -0.25) is 4.90 Å². The second kappa shape index (κ2) is 6.63. The van der Waals surface area contributed by atoms with E-state index in [4.69, 9.17) is 4.74 Å². The molecule has 2 saturated heterocycles. The van der Waals surface area contributed by atoms with Gasteiger partial charge in [-0.25, -0.2) is 9.97 Å². The summed E-state index contributed by atoms with van der Waals surface area (Å²) in [6.45, 7) is 6.03. The normalized spacial score (nSPS) is 22.0. The molecule has 24 heavy (non-hydrogen) atoms. The minimum absolute atomic E-state index is 0.569. The lowest BCUT2D eigenvalue weighted by Gasteiger charge is -2.41. The maximum Gasteiger partial charge on any atom is 0.116 e. The van der Waals surface area contributed by atoms with Crippen LogP contribution < -0.4 is 4.90 Å². The molecular weight excluding hydrogens is 304 g/mol. The molecule has 128 valence electrons. The molecular formula is C18H24N4O2. The number of hydrogen-bond acceptors (Lipinski definition) is 6. The maximum atomic E-state index is 10.7. The van der Waals surface area contributed by atoms with Gasteiger partial charge >= 0.3 is 0 Å². The molecule has 0 saturated carbocycles. The zero-order chi connectivity index (χ0) is 16.4. The van der Waals surface area contributed by atoms with Crippen LogP contribution in [0, 0.1) is 0 Å². The zero-order valence-corrected chi connectivity index (χ0v) is 13.9. The van der Waals surface area contributed by atoms with Crippen LogP contribution in [0.3, 0.4) is 0 Å². The van der Waals surface area contributed by atoms with E-state index >= 15 is 0 Å². The highest BCUT2D eigenvalue weighted by Gasteiger charge is 2.33. The van der Waals surface area contributed by atoms with Gasteiger partial charge in [-0.1, -0.05) is 0 Å². The van der Waals surface area contributed by atoms with E-state index in [-0.39, 0.29) is 0 Å². The Kier molecular flexibility index (Phi) is 4.35. The Labute approximate surface area is 142 Å². The standard InChI is InChI=1S/C18H24N4O2/c23-18(3-9-24-10-4-18)13-21-5-7-22(8-6-21)16-1-2-17-15(11-16)12-19-14-20-17/h1-2,11-12,14,23H,3-10,13H2. The van der Waals surface area contributed by atoms with Crippen molar-refractivity contribution in [2.45, 2.75) is 18.4 Å². The Bertz CT molecular complexity index is 694. The second-order valence-electron chi connectivity index (χ2n) is 6.87. The second-order valence-corrected chi connectivity index (χ2v) is 6.87. The number of fused-ring (bicyclic) bond motifs is 1. The lowest BCUT2D eigenvalue weighted by atomic mass is 9.93. The Balaban J connectivity index is 1.38. The van der Waals surface area contributed by atoms with Crippen LogP contribution in [0.2, 0.25) is 0 Å². The van der Waals surface area contributed by atoms with Crippen molar-refractivity contribution in [1.82, 2.24) is 14.9 Å². The number of anilines is 1. The summed E-state index contributed by atoms with van der Waals surface area (Å²) in [5, 5.41) is 11.8. The van der Waals surface area contributed by atoms with E-state index in [9.17, 15) is 5.11 Å². The molecule has 2 fully saturated rings. The molecule has 0 aliphatic carbocycles. The smallest absolute Gasteiger partial charge is 0.116 e. The molecule has 3 heterocycles. The number of hydrogen-bond donors (Lipinski definition) is 1. The van der Waals surface area contributed by atoms with Crippen LogP contribution in [0.25, 0.3) is 10.9 Å². The summed E-state index contributed by atoms with van der Waals surface area (Å²) >= 11 is 0. The number of nitrogens with zero attached hydrogens (tertiary/aromatic N) is 4. The highest BCUT2D eigenvalue weighted by Crippen LogP contribution is 2.24. The van der Waals surface area contributed by atoms with E-state index in [1.165, 1.54) is 5.69 Å². The van der Waals surface area contributed by atoms with E-state index in [1.54, 1.807) is 6.33 Å². The lowest BCUT2D eigenvalue weighted by Crippen LogP contribution is -2.53. The van der Waals surface area contributed by atoms with E-state index < -0.39 is 5.60 Å². The molecule has 0 unspecified atom stereocenters. The average molecular weight is 328 g/mol. The van der Waals surface area contributed by atoms with Gasteiger partial charge in [-0.15, -0.1) is 0 Å². The number of rotatable bonds is 3. The molecule has 0 radical (unpaired) electrons. The third-order valence-electron chi connectivity index (χ3n) is 5.17. The van der Waals surface area contributed by atoms with Crippen molar-refractivity contribution in [2.75, 3.05) is 50.8 Å². The third kappa shape index (κ3) is 3.36. The van der Waals surface area contributed by atoms with Crippen LogP contribution in [0.15, 0.2) is 30.7 Å². The van der Waals surface area contributed by atoms with Gasteiger partial charge in [0.15, 0.2) is 0 Å². The van der Waals surface area contributed by atoms with Crippen molar-refractivity contribution in [1.29, 1.82) is 0 Å². The maximum absolute atomic E-state index is 10.7. The Morgan fingerprint density at radius 1 is 1.12 bits per heavy atom. The quantitative estimate of drug-likeness (QED) is 0.916. The van der Waals surface area contributed by atoms with Gasteiger partial charge in [0.25, 0.3) is 0 Å². The molecule has 1 N–H and O–H groups in total. The molecule has 4 rings (SSSR count). The first kappa shape index (κ1) is 15.7. The van der Waals surface area contributed by atoms with E-state index in [0.29, 0.717) is 13.2 Å². The molecule has 0 spiro atoms. The SMILES string of the molecule is OC1(CN2CCN(c3ccc4ncncc4c3)CC2)CCOCC1. The number of β-amino-alcohol motifs (C(OH)–C–C–N with tert-alkyl or cyclic N) is 1. The van der Waals surface area contributed by atoms with Crippen molar-refractivity contribution in [2.24, 2.45) is 0 Å². The molecule has 1 aromatic carbocycles. The van der Waals surface area contributed by atoms with Gasteiger partial charge in [-0.05, 0) is 18.2 Å². The van der Waals surface area contributed by atoms with E-state index in [2.05, 4.69) is 38.0 Å². The molecule has 2 aliphatic rings. The molecule has 2 aromatic rings. The predicted octanol–water partition coefficient (Wildman–Crippen LogP) is 1.29. The van der Waals surface area contributed by atoms with Crippen molar-refractivity contribution in [3.05, 3.63) is 30.7 Å². The molecule has 0 amide bonds. The average Bonchev–Trinajstić information content (AvgIpc) is 2.62. The number of piperazine rings is 1. The van der Waals surface area contributed by atoms with Crippen LogP contribution >= 0.6 is 0 Å². The van der Waals surface area contributed by atoms with E-state index in [1.807, 2.05) is 6.20 Å². The van der Waals surface area contributed by atoms with Crippen LogP contribution in [-0.2, 0) is 4.74 Å². The molecule has 1 aromatic heterocycles. The van der Waals surface area contributed by atoms with Crippen LogP contribution in [0.5, 0.6) is 0 Å². The van der Waals surface area contributed by atoms with E-state index in [0.717, 1.165) is 56.5 Å². The van der Waals surface area contributed by atoms with Crippen molar-refractivity contribution in [3.8, 4) is 0 Å². The Morgan fingerprint density at radius 3 is 2.71 bits per heavy atom. The van der Waals surface area contributed by atoms with Crippen molar-refractivity contribution >= 4 is 16.6 Å². The predicted molar refractivity (Wildman–Crippen MR) is 93.2 cm³/mol. The number of aromatic nitrogens is 2. The topological polar surface area (TPSA) is 61.7 Å². The van der Waals surface area contributed by atoms with Gasteiger partial charge < -0.3 is 14.7 Å². The Morgan fingerprint density at radius 2 is 1.92 bits per heavy atom. The summed E-state index contributed by atoms with van der Waals surface area (Å²) in [5.74, 6) is 0. The fourth-order valence-corrected chi connectivity index (χ4v) is 3.66. The fraction of sp³-hybridized carbons (Fsp3) is 0.556. The van der Waals surface area contributed by atoms with Crippen LogP contribution in [0.4, 0.5) is 5.69 Å². The summed E-state index contributed by atoms with van der Waals surface area (Å²) in [7, 11) is 0. The number of benzene rings is 1. The molecule has 2 aliphatic heterocycles. The third-order valence-corrected chi connectivity index (χ3v) is 5.17. The van der Waals surface area contributed by atoms with Crippen molar-refractivity contribution < 1.29 is 9.84 Å². The summed E-state index contributed by atoms with van der Waals surface area (Å²) in [6.07, 6.45) is 4.94. The molecule has 0 bridgehead atoms. The van der Waals surface area contributed by atoms with Crippen LogP contribution in [-0.4, -0.2) is 71.5 Å². The minimum Gasteiger partial charge on any atom is -0.388 e. The first-order chi connectivity index (χ1) is 11.7. The summed E-state index contributed by atoms with van der Waals surface area (Å²) in [5.41, 5.74) is 1.64. The zero-order valence-electron chi connectivity index (χ0n) is 13.9. The minimum atomic E-state index is -0.569. The lowest BCUT2D eigenvalue weighted by molar-refractivity contribution is -0.0802. The number of aliphatic hydroxyl groups is 1. The largest absolute Gasteiger partial charge is 0.388 e. The summed E-state index contributed by atoms with van der Waals surface area (Å²) in [4.78, 5) is 13.2. The van der Waals surface area contributed by atoms with Crippen molar-refractivity contribution in [3.63, 3.8) is 0 Å². The molecule has 6 heteroatoms. The molecule has 0 atom stereocenters. The van der Waals surface area contributed by atoms with Crippen LogP contribution in [0.1, 0.15) is 12.8 Å². The number of ether oxygens (including phenoxy) is 1. The Hall–Kier alpha value is -1.76. The first-order valence-corrected chi connectivity index (χ1v) is 8.69. The summed E-state index contributed by atoms with van der Waals surface area (Å²) in [6, 6.07) is 6.36. The first-order valence-electron chi connectivity index (χ1n) is 8.69. The highest BCUT2D eigenvalue weighted by molar-refractivity contribution is 5.81. The van der Waals surface area contributed by atoms with Gasteiger partial charge in [0, 0.05) is 76.0 Å². The monoisotopic (exact) mass is 328 g/mol. The fourth-order valence-electron chi connectivity index (χ4n) is 3.66. The van der Waals surface area contributed by atoms with Gasteiger partial charge in [-0.2, -0.15) is 0 Å². The van der Waals surface area contributed by atoms with Gasteiger partial charge in [0.2, 0.25) is 0 Å².